The van der Waals surface area contributed by atoms with Gasteiger partial charge in [-0.25, -0.2) is 0 Å². The fraction of sp³-hybridized carbons (Fsp3) is 0.188. The van der Waals surface area contributed by atoms with E-state index in [2.05, 4.69) is 61.7 Å². The van der Waals surface area contributed by atoms with Crippen molar-refractivity contribution in [3.63, 3.8) is 0 Å². The lowest BCUT2D eigenvalue weighted by Crippen LogP contribution is -2.11. The van der Waals surface area contributed by atoms with Crippen LogP contribution in [0.5, 0.6) is 11.5 Å². The lowest BCUT2D eigenvalue weighted by molar-refractivity contribution is 0.440. The molecular weight excluding hydrogens is 416 g/mol. The molecule has 0 saturated heterocycles. The molecule has 4 aliphatic rings. The minimum absolute atomic E-state index is 0.124. The lowest BCUT2D eigenvalue weighted by atomic mass is 9.76. The van der Waals surface area contributed by atoms with Gasteiger partial charge in [0, 0.05) is 45.9 Å². The van der Waals surface area contributed by atoms with Gasteiger partial charge in [-0.3, -0.25) is 0 Å². The van der Waals surface area contributed by atoms with E-state index in [4.69, 9.17) is 0 Å². The summed E-state index contributed by atoms with van der Waals surface area (Å²) in [6.45, 7) is 7.96. The molecule has 8 rings (SSSR count). The van der Waals surface area contributed by atoms with Crippen LogP contribution in [0, 0.1) is 0 Å². The Labute approximate surface area is 198 Å². The third-order valence-electron chi connectivity index (χ3n) is 9.12. The number of phenols is 2. The second-order valence-corrected chi connectivity index (χ2v) is 10.4. The highest BCUT2D eigenvalue weighted by molar-refractivity contribution is 5.87. The van der Waals surface area contributed by atoms with Crippen LogP contribution in [0.3, 0.4) is 0 Å². The van der Waals surface area contributed by atoms with Crippen molar-refractivity contribution in [2.24, 2.45) is 0 Å². The van der Waals surface area contributed by atoms with E-state index in [0.717, 1.165) is 46.2 Å². The summed E-state index contributed by atoms with van der Waals surface area (Å²) in [7, 11) is 0. The van der Waals surface area contributed by atoms with Crippen molar-refractivity contribution in [2.45, 2.75) is 36.5 Å². The van der Waals surface area contributed by atoms with Gasteiger partial charge in [0.2, 0.25) is 0 Å². The molecule has 4 bridgehead atoms. The number of fused-ring (bicyclic) bond motifs is 17. The first-order chi connectivity index (χ1) is 16.6. The van der Waals surface area contributed by atoms with Gasteiger partial charge in [0.1, 0.15) is 11.5 Å². The largest absolute Gasteiger partial charge is 0.507 e. The Morgan fingerprint density at radius 2 is 0.941 bits per heavy atom. The smallest absolute Gasteiger partial charge is 0.124 e. The van der Waals surface area contributed by atoms with Gasteiger partial charge >= 0.3 is 0 Å². The monoisotopic (exact) mass is 440 g/mol. The zero-order valence-corrected chi connectivity index (χ0v) is 18.8. The van der Waals surface area contributed by atoms with Crippen LogP contribution in [0.1, 0.15) is 92.1 Å². The summed E-state index contributed by atoms with van der Waals surface area (Å²) < 4.78 is 0. The maximum Gasteiger partial charge on any atom is 0.124 e. The second-order valence-electron chi connectivity index (χ2n) is 10.4. The molecule has 0 saturated carbocycles. The quantitative estimate of drug-likeness (QED) is 0.317. The van der Waals surface area contributed by atoms with Crippen LogP contribution in [0.4, 0.5) is 0 Å². The molecule has 4 aromatic rings. The van der Waals surface area contributed by atoms with Crippen molar-refractivity contribution >= 4 is 22.9 Å². The maximum absolute atomic E-state index is 11.7. The molecule has 164 valence electrons. The van der Waals surface area contributed by atoms with Gasteiger partial charge < -0.3 is 10.2 Å². The predicted octanol–water partition coefficient (Wildman–Crippen LogP) is 7.50. The Kier molecular flexibility index (Phi) is 3.29. The van der Waals surface area contributed by atoms with E-state index in [9.17, 15) is 10.2 Å². The van der Waals surface area contributed by atoms with Gasteiger partial charge in [-0.05, 0) is 57.0 Å². The topological polar surface area (TPSA) is 40.5 Å². The van der Waals surface area contributed by atoms with Crippen molar-refractivity contribution in [2.75, 3.05) is 0 Å². The average Bonchev–Trinajstić information content (AvgIpc) is 3.62. The fourth-order valence-electron chi connectivity index (χ4n) is 7.79. The zero-order chi connectivity index (χ0) is 22.9. The summed E-state index contributed by atoms with van der Waals surface area (Å²) in [6.07, 6.45) is 5.61. The molecule has 2 nitrogen and oxygen atoms in total. The highest BCUT2D eigenvalue weighted by Gasteiger charge is 2.52. The predicted molar refractivity (Wildman–Crippen MR) is 137 cm³/mol. The van der Waals surface area contributed by atoms with Crippen LogP contribution < -0.4 is 0 Å². The molecular formula is C32H24O2. The SMILES string of the molecule is C=Cc1cc2c(cc1C=C)C1CC2c2c(O)c3c(c(O)c21)C1CC3c2cc3ccccc3cc21. The number of benzene rings is 4. The van der Waals surface area contributed by atoms with Crippen LogP contribution in [0.15, 0.2) is 61.7 Å². The molecule has 4 unspecified atom stereocenters. The number of rotatable bonds is 2. The first kappa shape index (κ1) is 18.6. The van der Waals surface area contributed by atoms with Gasteiger partial charge in [-0.2, -0.15) is 0 Å². The summed E-state index contributed by atoms with van der Waals surface area (Å²) in [5, 5.41) is 26.0. The Bertz CT molecular complexity index is 1520. The van der Waals surface area contributed by atoms with Crippen molar-refractivity contribution in [3.8, 4) is 11.5 Å². The highest BCUT2D eigenvalue weighted by Crippen LogP contribution is 2.69. The summed E-state index contributed by atoms with van der Waals surface area (Å²) in [5.41, 5.74) is 11.2. The number of hydrogen-bond donors (Lipinski definition) is 2. The van der Waals surface area contributed by atoms with Crippen molar-refractivity contribution in [3.05, 3.63) is 117 Å². The highest BCUT2D eigenvalue weighted by atomic mass is 16.3. The van der Waals surface area contributed by atoms with E-state index in [1.807, 2.05) is 12.2 Å². The van der Waals surface area contributed by atoms with Gasteiger partial charge in [0.15, 0.2) is 0 Å². The van der Waals surface area contributed by atoms with Gasteiger partial charge in [-0.1, -0.05) is 73.8 Å². The molecule has 0 heterocycles. The first-order valence-electron chi connectivity index (χ1n) is 12.2. The van der Waals surface area contributed by atoms with Crippen LogP contribution in [0.25, 0.3) is 22.9 Å². The fourth-order valence-corrected chi connectivity index (χ4v) is 7.79. The van der Waals surface area contributed by atoms with Gasteiger partial charge in [-0.15, -0.1) is 0 Å². The minimum atomic E-state index is 0.124. The summed E-state index contributed by atoms with van der Waals surface area (Å²) >= 11 is 0. The van der Waals surface area contributed by atoms with Crippen LogP contribution in [-0.4, -0.2) is 10.2 Å². The molecule has 0 radical (unpaired) electrons. The van der Waals surface area contributed by atoms with E-state index in [1.54, 1.807) is 0 Å². The molecule has 2 heteroatoms. The Hall–Kier alpha value is -3.78. The van der Waals surface area contributed by atoms with Crippen LogP contribution in [0.2, 0.25) is 0 Å². The molecule has 0 amide bonds. The molecule has 4 aliphatic carbocycles. The molecule has 34 heavy (non-hydrogen) atoms. The van der Waals surface area contributed by atoms with E-state index in [0.29, 0.717) is 11.5 Å². The summed E-state index contributed by atoms with van der Waals surface area (Å²) in [4.78, 5) is 0. The third kappa shape index (κ3) is 1.96. The number of hydrogen-bond acceptors (Lipinski definition) is 2. The van der Waals surface area contributed by atoms with Gasteiger partial charge in [0.05, 0.1) is 0 Å². The number of phenolic OH excluding ortho intramolecular Hbond substituents is 2. The van der Waals surface area contributed by atoms with Crippen LogP contribution in [-0.2, 0) is 0 Å². The molecule has 2 N–H and O–H groups in total. The van der Waals surface area contributed by atoms with Gasteiger partial charge in [0.25, 0.3) is 0 Å². The van der Waals surface area contributed by atoms with E-state index in [-0.39, 0.29) is 23.7 Å². The third-order valence-corrected chi connectivity index (χ3v) is 9.12. The zero-order valence-electron chi connectivity index (χ0n) is 18.8. The maximum atomic E-state index is 11.7. The lowest BCUT2D eigenvalue weighted by Gasteiger charge is -2.29. The Morgan fingerprint density at radius 1 is 0.588 bits per heavy atom. The van der Waals surface area contributed by atoms with E-state index in [1.165, 1.54) is 33.0 Å². The molecule has 0 fully saturated rings. The van der Waals surface area contributed by atoms with Crippen molar-refractivity contribution in [1.82, 2.24) is 0 Å². The summed E-state index contributed by atoms with van der Waals surface area (Å²) in [5.74, 6) is 1.42. The molecule has 4 atom stereocenters. The average molecular weight is 441 g/mol. The molecule has 4 aromatic carbocycles. The van der Waals surface area contributed by atoms with E-state index >= 15 is 0 Å². The Balaban J connectivity index is 1.36. The molecule has 0 spiro atoms. The number of aromatic hydroxyl groups is 2. The van der Waals surface area contributed by atoms with E-state index < -0.39 is 0 Å². The van der Waals surface area contributed by atoms with Crippen molar-refractivity contribution in [1.29, 1.82) is 0 Å². The van der Waals surface area contributed by atoms with Crippen LogP contribution >= 0.6 is 0 Å². The molecule has 0 aliphatic heterocycles. The Morgan fingerprint density at radius 3 is 1.29 bits per heavy atom. The second kappa shape index (κ2) is 6.01. The molecule has 0 aromatic heterocycles. The normalized spacial score (nSPS) is 24.1. The summed E-state index contributed by atoms with van der Waals surface area (Å²) in [6, 6.07) is 17.5. The minimum Gasteiger partial charge on any atom is -0.507 e. The standard InChI is InChI=1S/C32H24O2/c1-3-15-9-19-20(10-16(15)4-2)24-13-23(19)27-28(24)32(34)30-26-14-25(29(30)31(27)33)21-11-17-7-5-6-8-18(17)12-22(21)26/h3-12,23-26,33-34H,1-2,13-14H2. The van der Waals surface area contributed by atoms with Crippen molar-refractivity contribution < 1.29 is 10.2 Å². The first-order valence-corrected chi connectivity index (χ1v) is 12.2.